The maximum atomic E-state index is 6.21. The Morgan fingerprint density at radius 2 is 2.05 bits per heavy atom. The van der Waals surface area contributed by atoms with Crippen LogP contribution in [0.5, 0.6) is 11.8 Å². The van der Waals surface area contributed by atoms with Crippen LogP contribution in [0.15, 0.2) is 12.3 Å². The molecule has 2 aromatic rings. The minimum absolute atomic E-state index is 0.353. The summed E-state index contributed by atoms with van der Waals surface area (Å²) >= 11 is 0. The van der Waals surface area contributed by atoms with E-state index in [1.807, 2.05) is 20.0 Å². The van der Waals surface area contributed by atoms with Crippen molar-refractivity contribution < 1.29 is 9.47 Å². The number of hydrogen-bond acceptors (Lipinski definition) is 6. The number of nitrogens with zero attached hydrogens (tertiary/aromatic N) is 4. The van der Waals surface area contributed by atoms with Gasteiger partial charge in [0.15, 0.2) is 0 Å². The summed E-state index contributed by atoms with van der Waals surface area (Å²) in [4.78, 5) is 8.44. The molecule has 0 radical (unpaired) electrons. The van der Waals surface area contributed by atoms with Gasteiger partial charge in [0, 0.05) is 7.05 Å². The van der Waals surface area contributed by atoms with Crippen molar-refractivity contribution in [3.05, 3.63) is 29.3 Å². The highest BCUT2D eigenvalue weighted by atomic mass is 16.5. The second-order valence-electron chi connectivity index (χ2n) is 4.12. The Kier molecular flexibility index (Phi) is 3.66. The van der Waals surface area contributed by atoms with Gasteiger partial charge in [0.2, 0.25) is 11.8 Å². The fraction of sp³-hybridized carbons (Fsp3) is 0.417. The van der Waals surface area contributed by atoms with Crippen molar-refractivity contribution in [2.24, 2.45) is 12.8 Å². The molecule has 0 saturated carbocycles. The number of aromatic nitrogens is 4. The lowest BCUT2D eigenvalue weighted by molar-refractivity contribution is 0.354. The molecule has 1 unspecified atom stereocenters. The maximum Gasteiger partial charge on any atom is 0.240 e. The van der Waals surface area contributed by atoms with Gasteiger partial charge < -0.3 is 15.2 Å². The largest absolute Gasteiger partial charge is 0.480 e. The van der Waals surface area contributed by atoms with E-state index in [2.05, 4.69) is 15.1 Å². The summed E-state index contributed by atoms with van der Waals surface area (Å²) < 4.78 is 12.0. The summed E-state index contributed by atoms with van der Waals surface area (Å²) in [5, 5.41) is 4.27. The second-order valence-corrected chi connectivity index (χ2v) is 4.12. The minimum Gasteiger partial charge on any atom is -0.480 e. The zero-order valence-electron chi connectivity index (χ0n) is 11.4. The molecule has 2 aromatic heterocycles. The molecule has 102 valence electrons. The first-order chi connectivity index (χ1) is 9.06. The molecule has 19 heavy (non-hydrogen) atoms. The van der Waals surface area contributed by atoms with E-state index in [4.69, 9.17) is 15.2 Å². The van der Waals surface area contributed by atoms with E-state index in [-0.39, 0.29) is 0 Å². The topological polar surface area (TPSA) is 88.1 Å². The first-order valence-electron chi connectivity index (χ1n) is 5.77. The van der Waals surface area contributed by atoms with Crippen LogP contribution >= 0.6 is 0 Å². The van der Waals surface area contributed by atoms with E-state index in [1.165, 1.54) is 20.4 Å². The molecular weight excluding hydrogens is 246 g/mol. The normalized spacial score (nSPS) is 12.3. The number of aryl methyl sites for hydroxylation is 2. The zero-order valence-corrected chi connectivity index (χ0v) is 11.4. The highest BCUT2D eigenvalue weighted by molar-refractivity contribution is 5.31. The fourth-order valence-corrected chi connectivity index (χ4v) is 1.89. The minimum atomic E-state index is -0.459. The Bertz CT molecular complexity index is 581. The zero-order chi connectivity index (χ0) is 14.0. The van der Waals surface area contributed by atoms with Crippen LogP contribution in [0.3, 0.4) is 0 Å². The van der Waals surface area contributed by atoms with Crippen LogP contribution in [-0.4, -0.2) is 34.0 Å². The Balaban J connectivity index is 2.43. The Morgan fingerprint density at radius 3 is 2.58 bits per heavy atom. The molecule has 0 aliphatic heterocycles. The van der Waals surface area contributed by atoms with Crippen LogP contribution < -0.4 is 15.2 Å². The molecule has 7 nitrogen and oxygen atoms in total. The number of methoxy groups -OCH3 is 2. The third-order valence-corrected chi connectivity index (χ3v) is 2.80. The molecule has 2 N–H and O–H groups in total. The summed E-state index contributed by atoms with van der Waals surface area (Å²) in [6.45, 7) is 1.91. The molecule has 1 atom stereocenters. The number of nitrogens with two attached hydrogens (primary N) is 1. The van der Waals surface area contributed by atoms with Crippen molar-refractivity contribution in [1.29, 1.82) is 0 Å². The maximum absolute atomic E-state index is 6.21. The summed E-state index contributed by atoms with van der Waals surface area (Å²) in [6.07, 6.45) is 1.51. The Morgan fingerprint density at radius 1 is 1.32 bits per heavy atom. The predicted octanol–water partition coefficient (Wildman–Crippen LogP) is 0.584. The molecular formula is C12H17N5O2. The molecule has 0 saturated heterocycles. The van der Waals surface area contributed by atoms with Crippen LogP contribution in [0.1, 0.15) is 23.1 Å². The van der Waals surface area contributed by atoms with Gasteiger partial charge in [-0.05, 0) is 13.0 Å². The highest BCUT2D eigenvalue weighted by Gasteiger charge is 2.21. The van der Waals surface area contributed by atoms with E-state index in [0.717, 1.165) is 11.4 Å². The van der Waals surface area contributed by atoms with Crippen molar-refractivity contribution >= 4 is 0 Å². The Hall–Kier alpha value is -2.15. The van der Waals surface area contributed by atoms with Crippen molar-refractivity contribution in [3.63, 3.8) is 0 Å². The first-order valence-corrected chi connectivity index (χ1v) is 5.77. The van der Waals surface area contributed by atoms with Crippen LogP contribution in [0, 0.1) is 6.92 Å². The molecule has 0 spiro atoms. The first kappa shape index (κ1) is 13.3. The molecule has 0 fully saturated rings. The van der Waals surface area contributed by atoms with E-state index in [0.29, 0.717) is 17.5 Å². The van der Waals surface area contributed by atoms with Gasteiger partial charge in [-0.2, -0.15) is 10.1 Å². The summed E-state index contributed by atoms with van der Waals surface area (Å²) in [7, 11) is 4.88. The van der Waals surface area contributed by atoms with Crippen molar-refractivity contribution in [1.82, 2.24) is 19.7 Å². The van der Waals surface area contributed by atoms with Gasteiger partial charge in [-0.15, -0.1) is 0 Å². The molecule has 0 bridgehead atoms. The van der Waals surface area contributed by atoms with Crippen molar-refractivity contribution in [3.8, 4) is 11.8 Å². The molecule has 0 aliphatic carbocycles. The highest BCUT2D eigenvalue weighted by Crippen LogP contribution is 2.26. The monoisotopic (exact) mass is 263 g/mol. The number of rotatable bonds is 4. The van der Waals surface area contributed by atoms with Crippen LogP contribution in [0.4, 0.5) is 0 Å². The van der Waals surface area contributed by atoms with E-state index in [1.54, 1.807) is 4.68 Å². The smallest absolute Gasteiger partial charge is 0.240 e. The van der Waals surface area contributed by atoms with Crippen molar-refractivity contribution in [2.45, 2.75) is 13.0 Å². The lowest BCUT2D eigenvalue weighted by Crippen LogP contribution is -2.18. The molecule has 0 aliphatic rings. The van der Waals surface area contributed by atoms with E-state index >= 15 is 0 Å². The molecule has 0 amide bonds. The van der Waals surface area contributed by atoms with Crippen LogP contribution in [-0.2, 0) is 7.05 Å². The third kappa shape index (κ3) is 2.50. The van der Waals surface area contributed by atoms with E-state index < -0.39 is 6.04 Å². The van der Waals surface area contributed by atoms with Gasteiger partial charge in [-0.1, -0.05) is 0 Å². The summed E-state index contributed by atoms with van der Waals surface area (Å²) in [5.41, 5.74) is 8.50. The van der Waals surface area contributed by atoms with Gasteiger partial charge in [-0.25, -0.2) is 4.98 Å². The second kappa shape index (κ2) is 5.23. The standard InChI is InChI=1S/C12H17N5O2/c1-7-5-8(17(2)16-7)10(13)11-12(19-4)15-9(18-3)6-14-11/h5-6,10H,13H2,1-4H3. The predicted molar refractivity (Wildman–Crippen MR) is 69.1 cm³/mol. The fourth-order valence-electron chi connectivity index (χ4n) is 1.89. The number of hydrogen-bond donors (Lipinski definition) is 1. The van der Waals surface area contributed by atoms with Crippen LogP contribution in [0.25, 0.3) is 0 Å². The molecule has 2 rings (SSSR count). The lowest BCUT2D eigenvalue weighted by Gasteiger charge is -2.14. The van der Waals surface area contributed by atoms with Crippen molar-refractivity contribution in [2.75, 3.05) is 14.2 Å². The lowest BCUT2D eigenvalue weighted by atomic mass is 10.1. The van der Waals surface area contributed by atoms with Gasteiger partial charge in [0.25, 0.3) is 0 Å². The van der Waals surface area contributed by atoms with E-state index in [9.17, 15) is 0 Å². The number of ether oxygens (including phenoxy) is 2. The average molecular weight is 263 g/mol. The van der Waals surface area contributed by atoms with Gasteiger partial charge in [0.05, 0.1) is 37.8 Å². The summed E-state index contributed by atoms with van der Waals surface area (Å²) in [5.74, 6) is 0.736. The van der Waals surface area contributed by atoms with Gasteiger partial charge in [0.1, 0.15) is 5.69 Å². The van der Waals surface area contributed by atoms with Crippen LogP contribution in [0.2, 0.25) is 0 Å². The third-order valence-electron chi connectivity index (χ3n) is 2.80. The molecule has 2 heterocycles. The Labute approximate surface area is 111 Å². The average Bonchev–Trinajstić information content (AvgIpc) is 2.76. The molecule has 0 aromatic carbocycles. The van der Waals surface area contributed by atoms with Gasteiger partial charge >= 0.3 is 0 Å². The SMILES string of the molecule is COc1cnc(C(N)c2cc(C)nn2C)c(OC)n1. The molecule has 7 heteroatoms. The quantitative estimate of drug-likeness (QED) is 0.868. The summed E-state index contributed by atoms with van der Waals surface area (Å²) in [6, 6.07) is 1.45. The van der Waals surface area contributed by atoms with Gasteiger partial charge in [-0.3, -0.25) is 4.68 Å².